The molecular formula is C35H45F3N4O6. The minimum Gasteiger partial charge on any atom is -0.508 e. The molecule has 2 heterocycles. The fourth-order valence-electron chi connectivity index (χ4n) is 5.59. The molecule has 48 heavy (non-hydrogen) atoms. The van der Waals surface area contributed by atoms with Crippen LogP contribution in [0.3, 0.4) is 0 Å². The first-order chi connectivity index (χ1) is 22.8. The number of likely N-dealkylation sites (tertiary alicyclic amines) is 1. The summed E-state index contributed by atoms with van der Waals surface area (Å²) in [6.07, 6.45) is -3.65. The number of hydrogen-bond donors (Lipinski definition) is 4. The lowest BCUT2D eigenvalue weighted by atomic mass is 9.89. The van der Waals surface area contributed by atoms with Gasteiger partial charge in [-0.05, 0) is 75.8 Å². The number of amides is 1. The fourth-order valence-corrected chi connectivity index (χ4v) is 5.59. The van der Waals surface area contributed by atoms with Crippen LogP contribution in [-0.4, -0.2) is 96.3 Å². The van der Waals surface area contributed by atoms with Gasteiger partial charge in [0.2, 0.25) is 0 Å². The maximum atomic E-state index is 13.7. The number of piperidine rings is 1. The number of hydrogen-bond acceptors (Lipinski definition) is 8. The Labute approximate surface area is 279 Å². The molecule has 0 saturated carbocycles. The number of aliphatic hydroxyl groups excluding tert-OH is 1. The molecule has 1 fully saturated rings. The van der Waals surface area contributed by atoms with Crippen LogP contribution in [0.2, 0.25) is 0 Å². The zero-order chi connectivity index (χ0) is 34.7. The number of ether oxygens (including phenoxy) is 3. The Kier molecular flexibility index (Phi) is 12.9. The van der Waals surface area contributed by atoms with E-state index in [1.807, 2.05) is 26.8 Å². The summed E-state index contributed by atoms with van der Waals surface area (Å²) in [5.74, 6) is 5.85. The number of carbonyl (C=O) groups is 1. The van der Waals surface area contributed by atoms with Crippen LogP contribution in [0, 0.1) is 17.8 Å². The number of aromatic hydroxyl groups is 1. The second-order valence-electron chi connectivity index (χ2n) is 12.6. The third-order valence-electron chi connectivity index (χ3n) is 7.69. The second kappa shape index (κ2) is 16.8. The molecular weight excluding hydrogens is 629 g/mol. The number of anilines is 2. The van der Waals surface area contributed by atoms with Crippen LogP contribution in [0.5, 0.6) is 5.75 Å². The number of fused-ring (bicyclic) bond motifs is 1. The topological polar surface area (TPSA) is 117 Å². The van der Waals surface area contributed by atoms with Crippen LogP contribution in [-0.2, 0) is 20.8 Å². The van der Waals surface area contributed by atoms with E-state index in [0.29, 0.717) is 68.0 Å². The van der Waals surface area contributed by atoms with Crippen molar-refractivity contribution < 1.29 is 42.4 Å². The van der Waals surface area contributed by atoms with Crippen molar-refractivity contribution in [1.82, 2.24) is 9.47 Å². The van der Waals surface area contributed by atoms with E-state index in [2.05, 4.69) is 22.5 Å². The summed E-state index contributed by atoms with van der Waals surface area (Å²) in [5.41, 5.74) is 1.30. The minimum absolute atomic E-state index is 0.0418. The molecule has 0 bridgehead atoms. The fraction of sp³-hybridized carbons (Fsp3) is 0.514. The first kappa shape index (κ1) is 36.7. The maximum absolute atomic E-state index is 13.7. The Hall–Kier alpha value is -4.12. The van der Waals surface area contributed by atoms with E-state index in [9.17, 15) is 23.1 Å². The first-order valence-electron chi connectivity index (χ1n) is 16.0. The van der Waals surface area contributed by atoms with Gasteiger partial charge in [-0.3, -0.25) is 0 Å². The number of halogens is 3. The third-order valence-corrected chi connectivity index (χ3v) is 7.69. The number of nitrogens with zero attached hydrogens (tertiary/aromatic N) is 2. The van der Waals surface area contributed by atoms with Gasteiger partial charge in [-0.25, -0.2) is 4.79 Å². The molecule has 2 aromatic carbocycles. The van der Waals surface area contributed by atoms with Gasteiger partial charge in [0.25, 0.3) is 0 Å². The van der Waals surface area contributed by atoms with E-state index in [1.165, 1.54) is 16.7 Å². The van der Waals surface area contributed by atoms with Crippen molar-refractivity contribution >= 4 is 28.4 Å². The van der Waals surface area contributed by atoms with Crippen molar-refractivity contribution in [1.29, 1.82) is 0 Å². The average molecular weight is 675 g/mol. The highest BCUT2D eigenvalue weighted by atomic mass is 19.4. The van der Waals surface area contributed by atoms with Crippen LogP contribution in [0.15, 0.2) is 48.5 Å². The van der Waals surface area contributed by atoms with Crippen LogP contribution < -0.4 is 10.6 Å². The van der Waals surface area contributed by atoms with Crippen molar-refractivity contribution in [2.24, 2.45) is 5.92 Å². The third kappa shape index (κ3) is 11.2. The van der Waals surface area contributed by atoms with Crippen molar-refractivity contribution in [2.75, 3.05) is 63.3 Å². The standard InChI is InChI=1S/C35H45F3N4O6/c1-34(2,3)48-33(45)41-15-12-30(25(23-41)13-17-46-19-20-47-18-16-43)40-31-10-5-11-32-29(31)22-27(42(32)24-35(36,37)38)8-6-14-39-26-7-4-9-28(44)21-26/h4-5,7,9-11,21-22,25,30,39-40,43-44H,12-20,23-24H2,1-3H3. The molecule has 1 aliphatic heterocycles. The van der Waals surface area contributed by atoms with Gasteiger partial charge in [-0.1, -0.05) is 18.1 Å². The average Bonchev–Trinajstić information content (AvgIpc) is 3.35. The molecule has 0 radical (unpaired) electrons. The Morgan fingerprint density at radius 2 is 1.79 bits per heavy atom. The number of rotatable bonds is 13. The quantitative estimate of drug-likeness (QED) is 0.132. The predicted octanol–water partition coefficient (Wildman–Crippen LogP) is 5.83. The van der Waals surface area contributed by atoms with Crippen molar-refractivity contribution in [3.05, 3.63) is 54.2 Å². The summed E-state index contributed by atoms with van der Waals surface area (Å²) in [7, 11) is 0. The van der Waals surface area contributed by atoms with Crippen LogP contribution in [0.1, 0.15) is 39.3 Å². The molecule has 10 nitrogen and oxygen atoms in total. The molecule has 1 amide bonds. The number of alkyl halides is 3. The molecule has 0 aliphatic carbocycles. The lowest BCUT2D eigenvalue weighted by molar-refractivity contribution is -0.140. The van der Waals surface area contributed by atoms with Crippen LogP contribution >= 0.6 is 0 Å². The molecule has 262 valence electrons. The lowest BCUT2D eigenvalue weighted by Gasteiger charge is -2.40. The second-order valence-corrected chi connectivity index (χ2v) is 12.6. The van der Waals surface area contributed by atoms with Crippen LogP contribution in [0.25, 0.3) is 10.9 Å². The zero-order valence-corrected chi connectivity index (χ0v) is 27.6. The number of carbonyl (C=O) groups excluding carboxylic acids is 1. The van der Waals surface area contributed by atoms with Gasteiger partial charge >= 0.3 is 12.3 Å². The molecule has 0 spiro atoms. The van der Waals surface area contributed by atoms with Crippen molar-refractivity contribution in [3.63, 3.8) is 0 Å². The van der Waals surface area contributed by atoms with Gasteiger partial charge in [0.1, 0.15) is 17.9 Å². The highest BCUT2D eigenvalue weighted by molar-refractivity contribution is 5.94. The summed E-state index contributed by atoms with van der Waals surface area (Å²) < 4.78 is 59.0. The van der Waals surface area contributed by atoms with E-state index < -0.39 is 24.4 Å². The minimum atomic E-state index is -4.46. The molecule has 4 N–H and O–H groups in total. The van der Waals surface area contributed by atoms with Gasteiger partial charge < -0.3 is 44.5 Å². The van der Waals surface area contributed by atoms with Crippen molar-refractivity contribution in [2.45, 2.75) is 58.0 Å². The smallest absolute Gasteiger partial charge is 0.410 e. The van der Waals surface area contributed by atoms with Gasteiger partial charge in [0, 0.05) is 48.6 Å². The van der Waals surface area contributed by atoms with E-state index in [-0.39, 0.29) is 43.2 Å². The summed E-state index contributed by atoms with van der Waals surface area (Å²) in [5, 5.41) is 25.8. The van der Waals surface area contributed by atoms with Crippen molar-refractivity contribution in [3.8, 4) is 17.6 Å². The summed E-state index contributed by atoms with van der Waals surface area (Å²) in [4.78, 5) is 14.6. The number of aliphatic hydroxyl groups is 1. The molecule has 4 rings (SSSR count). The van der Waals surface area contributed by atoms with Gasteiger partial charge in [0.05, 0.1) is 44.2 Å². The molecule has 1 saturated heterocycles. The highest BCUT2D eigenvalue weighted by Gasteiger charge is 2.34. The largest absolute Gasteiger partial charge is 0.508 e. The molecule has 3 aromatic rings. The monoisotopic (exact) mass is 674 g/mol. The SMILES string of the molecule is CC(C)(C)OC(=O)N1CCC(Nc2cccc3c2cc(C#CCNc2cccc(O)c2)n3CC(F)(F)F)C(CCOCCOCCO)C1. The highest BCUT2D eigenvalue weighted by Crippen LogP contribution is 2.33. The number of phenolic OH excluding ortho intramolecular Hbond substituents is 1. The van der Waals surface area contributed by atoms with E-state index in [1.54, 1.807) is 35.2 Å². The number of aromatic nitrogens is 1. The van der Waals surface area contributed by atoms with Gasteiger partial charge in [-0.15, -0.1) is 0 Å². The maximum Gasteiger partial charge on any atom is 0.410 e. The Morgan fingerprint density at radius 3 is 2.50 bits per heavy atom. The Bertz CT molecular complexity index is 1560. The van der Waals surface area contributed by atoms with Gasteiger partial charge in [0.15, 0.2) is 0 Å². The zero-order valence-electron chi connectivity index (χ0n) is 27.6. The molecule has 2 unspecified atom stereocenters. The molecule has 2 atom stereocenters. The predicted molar refractivity (Wildman–Crippen MR) is 178 cm³/mol. The number of benzene rings is 2. The Balaban J connectivity index is 1.54. The van der Waals surface area contributed by atoms with Crippen LogP contribution in [0.4, 0.5) is 29.3 Å². The number of nitrogens with one attached hydrogen (secondary N) is 2. The molecule has 1 aliphatic rings. The van der Waals surface area contributed by atoms with Gasteiger partial charge in [-0.2, -0.15) is 13.2 Å². The number of phenols is 1. The first-order valence-corrected chi connectivity index (χ1v) is 16.0. The lowest BCUT2D eigenvalue weighted by Crippen LogP contribution is -2.50. The Morgan fingerprint density at radius 1 is 1.04 bits per heavy atom. The summed E-state index contributed by atoms with van der Waals surface area (Å²) >= 11 is 0. The van der Waals surface area contributed by atoms with E-state index >= 15 is 0 Å². The van der Waals surface area contributed by atoms with E-state index in [4.69, 9.17) is 19.3 Å². The summed E-state index contributed by atoms with van der Waals surface area (Å²) in [6.45, 7) is 6.60. The van der Waals surface area contributed by atoms with E-state index in [0.717, 1.165) is 0 Å². The normalized spacial score (nSPS) is 16.8. The molecule has 13 heteroatoms. The summed E-state index contributed by atoms with van der Waals surface area (Å²) in [6, 6.07) is 13.3. The molecule has 1 aromatic heterocycles.